The van der Waals surface area contributed by atoms with E-state index < -0.39 is 12.0 Å². The van der Waals surface area contributed by atoms with Crippen LogP contribution in [0.25, 0.3) is 11.3 Å². The monoisotopic (exact) mass is 484 g/mol. The van der Waals surface area contributed by atoms with E-state index in [-0.39, 0.29) is 0 Å². The first kappa shape index (κ1) is 18.2. The number of benzene rings is 2. The maximum atomic E-state index is 11.6. The lowest BCUT2D eigenvalue weighted by Gasteiger charge is -2.13. The van der Waals surface area contributed by atoms with E-state index in [1.807, 2.05) is 41.8 Å². The fourth-order valence-electron chi connectivity index (χ4n) is 2.30. The number of aromatic nitrogens is 1. The largest absolute Gasteiger partial charge is 0.480 e. The first-order chi connectivity index (χ1) is 12.0. The number of rotatable bonds is 6. The van der Waals surface area contributed by atoms with Crippen molar-refractivity contribution in [3.05, 3.63) is 68.1 Å². The summed E-state index contributed by atoms with van der Waals surface area (Å²) in [6.07, 6.45) is 0.391. The lowest BCUT2D eigenvalue weighted by molar-refractivity contribution is -0.137. The molecule has 3 aromatic rings. The van der Waals surface area contributed by atoms with Gasteiger partial charge in [0.2, 0.25) is 0 Å². The van der Waals surface area contributed by atoms with Crippen molar-refractivity contribution in [1.29, 1.82) is 0 Å². The molecule has 0 aliphatic rings. The second-order valence-corrected chi connectivity index (χ2v) is 7.95. The summed E-state index contributed by atoms with van der Waals surface area (Å²) in [6, 6.07) is 14.5. The Morgan fingerprint density at radius 3 is 2.52 bits per heavy atom. The molecule has 0 saturated carbocycles. The normalized spacial score (nSPS) is 11.9. The van der Waals surface area contributed by atoms with Crippen LogP contribution in [0.3, 0.4) is 0 Å². The number of hydrogen-bond acceptors (Lipinski definition) is 4. The van der Waals surface area contributed by atoms with Gasteiger partial charge in [-0.05, 0) is 52.4 Å². The maximum absolute atomic E-state index is 11.6. The standard InChI is InChI=1S/C18H14ClIN2O2S/c19-13-5-3-12(4-6-13)16-10-25-18(22-16)21-15(17(23)24)9-11-1-7-14(20)8-2-11/h1-8,10,15H,9H2,(H,21,22)(H,23,24). The maximum Gasteiger partial charge on any atom is 0.326 e. The Labute approximate surface area is 168 Å². The first-order valence-electron chi connectivity index (χ1n) is 7.46. The molecule has 4 nitrogen and oxygen atoms in total. The molecule has 0 fully saturated rings. The van der Waals surface area contributed by atoms with Gasteiger partial charge in [-0.3, -0.25) is 0 Å². The molecule has 0 spiro atoms. The van der Waals surface area contributed by atoms with Crippen molar-refractivity contribution in [2.75, 3.05) is 5.32 Å². The van der Waals surface area contributed by atoms with Gasteiger partial charge in [0.15, 0.2) is 5.13 Å². The number of thiazole rings is 1. The fraction of sp³-hybridized carbons (Fsp3) is 0.111. The van der Waals surface area contributed by atoms with Gasteiger partial charge in [0.1, 0.15) is 6.04 Å². The molecule has 0 amide bonds. The zero-order valence-corrected chi connectivity index (χ0v) is 16.7. The number of nitrogens with one attached hydrogen (secondary N) is 1. The van der Waals surface area contributed by atoms with E-state index in [2.05, 4.69) is 32.9 Å². The smallest absolute Gasteiger partial charge is 0.326 e. The Balaban J connectivity index is 1.73. The number of nitrogens with zero attached hydrogens (tertiary/aromatic N) is 1. The molecule has 7 heteroatoms. The first-order valence-corrected chi connectivity index (χ1v) is 9.80. The summed E-state index contributed by atoms with van der Waals surface area (Å²) in [5, 5.41) is 15.7. The van der Waals surface area contributed by atoms with Gasteiger partial charge >= 0.3 is 5.97 Å². The van der Waals surface area contributed by atoms with Gasteiger partial charge in [-0.15, -0.1) is 11.3 Å². The Bertz CT molecular complexity index is 866. The molecule has 1 atom stereocenters. The molecule has 3 rings (SSSR count). The number of carbonyl (C=O) groups is 1. The van der Waals surface area contributed by atoms with Crippen molar-refractivity contribution < 1.29 is 9.90 Å². The lowest BCUT2D eigenvalue weighted by Crippen LogP contribution is -2.31. The average Bonchev–Trinajstić information content (AvgIpc) is 3.05. The topological polar surface area (TPSA) is 62.2 Å². The van der Waals surface area contributed by atoms with Crippen LogP contribution < -0.4 is 5.32 Å². The van der Waals surface area contributed by atoms with Crippen molar-refractivity contribution in [2.45, 2.75) is 12.5 Å². The number of aliphatic carboxylic acids is 1. The van der Waals surface area contributed by atoms with Gasteiger partial charge in [0.25, 0.3) is 0 Å². The summed E-state index contributed by atoms with van der Waals surface area (Å²) in [5.41, 5.74) is 2.70. The van der Waals surface area contributed by atoms with E-state index in [0.717, 1.165) is 20.4 Å². The molecule has 0 radical (unpaired) electrons. The summed E-state index contributed by atoms with van der Waals surface area (Å²) in [5.74, 6) is -0.901. The van der Waals surface area contributed by atoms with Gasteiger partial charge in [-0.25, -0.2) is 9.78 Å². The van der Waals surface area contributed by atoms with Gasteiger partial charge in [-0.1, -0.05) is 35.9 Å². The van der Waals surface area contributed by atoms with Crippen molar-refractivity contribution >= 4 is 56.6 Å². The highest BCUT2D eigenvalue weighted by molar-refractivity contribution is 14.1. The Hall–Kier alpha value is -1.64. The number of carboxylic acid groups (broad SMARTS) is 1. The molecule has 25 heavy (non-hydrogen) atoms. The van der Waals surface area contributed by atoms with Crippen molar-refractivity contribution in [3.63, 3.8) is 0 Å². The summed E-state index contributed by atoms with van der Waals surface area (Å²) < 4.78 is 1.12. The minimum absolute atomic E-state index is 0.391. The highest BCUT2D eigenvalue weighted by Crippen LogP contribution is 2.26. The van der Waals surface area contributed by atoms with E-state index in [1.54, 1.807) is 12.1 Å². The molecule has 1 unspecified atom stereocenters. The number of hydrogen-bond donors (Lipinski definition) is 2. The second kappa shape index (κ2) is 8.16. The molecule has 0 saturated heterocycles. The summed E-state index contributed by atoms with van der Waals surface area (Å²) in [7, 11) is 0. The van der Waals surface area contributed by atoms with Crippen LogP contribution in [-0.2, 0) is 11.2 Å². The second-order valence-electron chi connectivity index (χ2n) is 5.41. The van der Waals surface area contributed by atoms with Crippen LogP contribution in [0, 0.1) is 3.57 Å². The molecule has 1 aromatic heterocycles. The molecule has 0 aliphatic carbocycles. The number of halogens is 2. The van der Waals surface area contributed by atoms with Crippen LogP contribution in [0.15, 0.2) is 53.9 Å². The minimum atomic E-state index is -0.901. The molecule has 128 valence electrons. The minimum Gasteiger partial charge on any atom is -0.480 e. The predicted molar refractivity (Wildman–Crippen MR) is 110 cm³/mol. The van der Waals surface area contributed by atoms with E-state index in [1.165, 1.54) is 11.3 Å². The highest BCUT2D eigenvalue weighted by Gasteiger charge is 2.19. The predicted octanol–water partition coefficient (Wildman–Crippen LogP) is 5.18. The Kier molecular flexibility index (Phi) is 5.93. The van der Waals surface area contributed by atoms with Gasteiger partial charge in [0.05, 0.1) is 5.69 Å². The van der Waals surface area contributed by atoms with E-state index >= 15 is 0 Å². The molecule has 0 aliphatic heterocycles. The zero-order chi connectivity index (χ0) is 17.8. The summed E-state index contributed by atoms with van der Waals surface area (Å²) >= 11 is 9.51. The molecule has 2 aromatic carbocycles. The highest BCUT2D eigenvalue weighted by atomic mass is 127. The molecule has 1 heterocycles. The third kappa shape index (κ3) is 4.93. The van der Waals surface area contributed by atoms with Crippen molar-refractivity contribution in [3.8, 4) is 11.3 Å². The Morgan fingerprint density at radius 2 is 1.88 bits per heavy atom. The summed E-state index contributed by atoms with van der Waals surface area (Å²) in [4.78, 5) is 16.1. The molecule has 0 bridgehead atoms. The van der Waals surface area contributed by atoms with Crippen LogP contribution >= 0.6 is 45.5 Å². The van der Waals surface area contributed by atoms with E-state index in [9.17, 15) is 9.90 Å². The quantitative estimate of drug-likeness (QED) is 0.474. The zero-order valence-electron chi connectivity index (χ0n) is 12.9. The summed E-state index contributed by atoms with van der Waals surface area (Å²) in [6.45, 7) is 0. The number of anilines is 1. The Morgan fingerprint density at radius 1 is 1.20 bits per heavy atom. The fourth-order valence-corrected chi connectivity index (χ4v) is 3.56. The van der Waals surface area contributed by atoms with E-state index in [0.29, 0.717) is 16.6 Å². The average molecular weight is 485 g/mol. The van der Waals surface area contributed by atoms with Gasteiger partial charge in [0, 0.05) is 26.0 Å². The van der Waals surface area contributed by atoms with Crippen LogP contribution in [0.4, 0.5) is 5.13 Å². The van der Waals surface area contributed by atoms with Crippen LogP contribution in [0.1, 0.15) is 5.56 Å². The van der Waals surface area contributed by atoms with Gasteiger partial charge < -0.3 is 10.4 Å². The van der Waals surface area contributed by atoms with Crippen molar-refractivity contribution in [1.82, 2.24) is 4.98 Å². The van der Waals surface area contributed by atoms with Crippen LogP contribution in [-0.4, -0.2) is 22.1 Å². The third-order valence-electron chi connectivity index (χ3n) is 3.59. The molecular weight excluding hydrogens is 471 g/mol. The van der Waals surface area contributed by atoms with E-state index in [4.69, 9.17) is 11.6 Å². The van der Waals surface area contributed by atoms with Crippen molar-refractivity contribution in [2.24, 2.45) is 0 Å². The van der Waals surface area contributed by atoms with Crippen LogP contribution in [0.2, 0.25) is 5.02 Å². The molecule has 2 N–H and O–H groups in total. The van der Waals surface area contributed by atoms with Gasteiger partial charge in [-0.2, -0.15) is 0 Å². The lowest BCUT2D eigenvalue weighted by atomic mass is 10.1. The van der Waals surface area contributed by atoms with Crippen LogP contribution in [0.5, 0.6) is 0 Å². The molecular formula is C18H14ClIN2O2S. The third-order valence-corrected chi connectivity index (χ3v) is 5.34. The SMILES string of the molecule is O=C(O)C(Cc1ccc(I)cc1)Nc1nc(-c2ccc(Cl)cc2)cs1. The number of carboxylic acids is 1.